The van der Waals surface area contributed by atoms with E-state index in [1.165, 1.54) is 25.5 Å². The number of rotatable bonds is 5. The quantitative estimate of drug-likeness (QED) is 0.722. The van der Waals surface area contributed by atoms with Crippen LogP contribution in [0.15, 0.2) is 0 Å². The first-order valence-corrected chi connectivity index (χ1v) is 8.75. The average Bonchev–Trinajstić information content (AvgIpc) is 2.14. The highest BCUT2D eigenvalue weighted by Gasteiger charge is 2.44. The Morgan fingerprint density at radius 3 is 1.25 bits per heavy atom. The predicted octanol–water partition coefficient (Wildman–Crippen LogP) is 2.06. The van der Waals surface area contributed by atoms with Gasteiger partial charge in [-0.25, -0.2) is 14.0 Å². The Labute approximate surface area is 103 Å². The van der Waals surface area contributed by atoms with E-state index in [1.54, 1.807) is 42.3 Å². The summed E-state index contributed by atoms with van der Waals surface area (Å²) in [5, 5.41) is 0. The van der Waals surface area contributed by atoms with Crippen LogP contribution in [0.2, 0.25) is 0 Å². The van der Waals surface area contributed by atoms with Gasteiger partial charge in [0.05, 0.1) is 0 Å². The normalized spacial score (nSPS) is 17.5. The van der Waals surface area contributed by atoms with Crippen molar-refractivity contribution in [1.82, 2.24) is 18.5 Å². The molecule has 0 saturated heterocycles. The van der Waals surface area contributed by atoms with Crippen molar-refractivity contribution < 1.29 is 9.13 Å². The first kappa shape index (κ1) is 16.6. The standard InChI is InChI=1S/C7H21ClN4O2P2/c1-9(2)15(8,13)12(7)16(14,10(3)4)11(5)6/h1-7H3. The Hall–Kier alpha value is 0.590. The van der Waals surface area contributed by atoms with E-state index in [1.807, 2.05) is 0 Å². The number of hydrogen-bond donors (Lipinski definition) is 0. The Bertz CT molecular complexity index is 322. The molecule has 98 valence electrons. The molecule has 0 amide bonds. The summed E-state index contributed by atoms with van der Waals surface area (Å²) in [5.74, 6) is 0. The largest absolute Gasteiger partial charge is 0.311 e. The van der Waals surface area contributed by atoms with E-state index in [-0.39, 0.29) is 0 Å². The van der Waals surface area contributed by atoms with Crippen LogP contribution in [0.4, 0.5) is 0 Å². The molecule has 9 heteroatoms. The fraction of sp³-hybridized carbons (Fsp3) is 1.00. The van der Waals surface area contributed by atoms with E-state index < -0.39 is 14.4 Å². The SMILES string of the molecule is CN(C)P(=O)(Cl)N(C)P(=O)(N(C)C)N(C)C. The molecular weight excluding hydrogens is 270 g/mol. The summed E-state index contributed by atoms with van der Waals surface area (Å²) in [6.45, 7) is -3.29. The molecule has 0 N–H and O–H groups in total. The van der Waals surface area contributed by atoms with Gasteiger partial charge in [-0.2, -0.15) is 4.44 Å². The van der Waals surface area contributed by atoms with Crippen molar-refractivity contribution in [3.63, 3.8) is 0 Å². The Balaban J connectivity index is 5.46. The van der Waals surface area contributed by atoms with Crippen molar-refractivity contribution >= 4 is 25.6 Å². The maximum Gasteiger partial charge on any atom is 0.311 e. The molecule has 0 aliphatic carbocycles. The van der Waals surface area contributed by atoms with Crippen molar-refractivity contribution in [1.29, 1.82) is 0 Å². The molecule has 0 fully saturated rings. The van der Waals surface area contributed by atoms with E-state index in [4.69, 9.17) is 11.2 Å². The van der Waals surface area contributed by atoms with E-state index in [9.17, 15) is 9.13 Å². The number of hydrogen-bond acceptors (Lipinski definition) is 2. The monoisotopic (exact) mass is 290 g/mol. The smallest absolute Gasteiger partial charge is 0.270 e. The van der Waals surface area contributed by atoms with Crippen molar-refractivity contribution in [2.45, 2.75) is 0 Å². The second kappa shape index (κ2) is 5.49. The van der Waals surface area contributed by atoms with Crippen molar-refractivity contribution in [2.24, 2.45) is 0 Å². The molecule has 16 heavy (non-hydrogen) atoms. The third-order valence-corrected chi connectivity index (χ3v) is 10.1. The summed E-state index contributed by atoms with van der Waals surface area (Å²) in [7, 11) is 8.32. The summed E-state index contributed by atoms with van der Waals surface area (Å²) in [5.41, 5.74) is 0. The maximum absolute atomic E-state index is 12.8. The summed E-state index contributed by atoms with van der Waals surface area (Å²) >= 11 is 5.98. The Morgan fingerprint density at radius 1 is 0.750 bits per heavy atom. The average molecular weight is 291 g/mol. The van der Waals surface area contributed by atoms with Crippen LogP contribution < -0.4 is 0 Å². The van der Waals surface area contributed by atoms with Crippen LogP contribution in [-0.2, 0) is 9.13 Å². The molecule has 6 nitrogen and oxygen atoms in total. The highest BCUT2D eigenvalue weighted by molar-refractivity contribution is 7.90. The molecule has 1 unspecified atom stereocenters. The molecule has 0 aromatic heterocycles. The molecule has 0 bridgehead atoms. The predicted molar refractivity (Wildman–Crippen MR) is 69.9 cm³/mol. The van der Waals surface area contributed by atoms with Gasteiger partial charge in [0.1, 0.15) is 0 Å². The zero-order valence-corrected chi connectivity index (χ0v) is 13.4. The summed E-state index contributed by atoms with van der Waals surface area (Å²) in [6, 6.07) is 0. The molecule has 0 saturated carbocycles. The third-order valence-electron chi connectivity index (χ3n) is 2.27. The van der Waals surface area contributed by atoms with Gasteiger partial charge in [-0.3, -0.25) is 9.13 Å². The van der Waals surface area contributed by atoms with Crippen LogP contribution in [0.3, 0.4) is 0 Å². The van der Waals surface area contributed by atoms with Gasteiger partial charge in [-0.05, 0) is 53.5 Å². The van der Waals surface area contributed by atoms with Crippen LogP contribution in [-0.4, -0.2) is 67.8 Å². The zero-order valence-electron chi connectivity index (χ0n) is 10.9. The van der Waals surface area contributed by atoms with Gasteiger partial charge in [-0.15, -0.1) is 0 Å². The minimum absolute atomic E-state index is 1.25. The first-order chi connectivity index (χ1) is 6.98. The lowest BCUT2D eigenvalue weighted by molar-refractivity contribution is 0.395. The van der Waals surface area contributed by atoms with Gasteiger partial charge in [0.15, 0.2) is 0 Å². The minimum Gasteiger partial charge on any atom is -0.270 e. The van der Waals surface area contributed by atoms with Crippen LogP contribution >= 0.6 is 25.6 Å². The second-order valence-corrected chi connectivity index (χ2v) is 11.2. The van der Waals surface area contributed by atoms with Crippen molar-refractivity contribution in [2.75, 3.05) is 49.3 Å². The minimum atomic E-state index is -3.29. The molecular formula is C7H21ClN4O2P2. The summed E-state index contributed by atoms with van der Waals surface area (Å²) in [6.07, 6.45) is 0. The molecule has 0 aromatic carbocycles. The van der Waals surface area contributed by atoms with E-state index >= 15 is 0 Å². The number of nitrogens with zero attached hydrogens (tertiary/aromatic N) is 4. The van der Waals surface area contributed by atoms with Gasteiger partial charge in [0, 0.05) is 7.05 Å². The highest BCUT2D eigenvalue weighted by Crippen LogP contribution is 2.70. The lowest BCUT2D eigenvalue weighted by Gasteiger charge is -2.40. The van der Waals surface area contributed by atoms with Gasteiger partial charge < -0.3 is 0 Å². The van der Waals surface area contributed by atoms with E-state index in [0.717, 1.165) is 0 Å². The van der Waals surface area contributed by atoms with Crippen molar-refractivity contribution in [3.05, 3.63) is 0 Å². The lowest BCUT2D eigenvalue weighted by atomic mass is 11.3. The highest BCUT2D eigenvalue weighted by atomic mass is 35.7. The molecule has 0 aliphatic rings. The Morgan fingerprint density at radius 2 is 1.06 bits per heavy atom. The van der Waals surface area contributed by atoms with Crippen LogP contribution in [0.25, 0.3) is 0 Å². The topological polar surface area (TPSA) is 47.1 Å². The zero-order chi connectivity index (χ0) is 13.3. The molecule has 0 rings (SSSR count). The van der Waals surface area contributed by atoms with E-state index in [0.29, 0.717) is 0 Å². The number of halogens is 1. The van der Waals surface area contributed by atoms with Crippen LogP contribution in [0, 0.1) is 0 Å². The fourth-order valence-electron chi connectivity index (χ4n) is 1.28. The lowest BCUT2D eigenvalue weighted by Crippen LogP contribution is -2.32. The second-order valence-electron chi connectivity index (χ2n) is 4.02. The summed E-state index contributed by atoms with van der Waals surface area (Å²) < 4.78 is 30.7. The molecule has 0 radical (unpaired) electrons. The van der Waals surface area contributed by atoms with E-state index in [2.05, 4.69) is 0 Å². The molecule has 0 aliphatic heterocycles. The van der Waals surface area contributed by atoms with Gasteiger partial charge in [0.25, 0.3) is 7.59 Å². The van der Waals surface area contributed by atoms with Crippen molar-refractivity contribution in [3.8, 4) is 0 Å². The summed E-state index contributed by atoms with van der Waals surface area (Å²) in [4.78, 5) is 0. The van der Waals surface area contributed by atoms with Gasteiger partial charge in [0.2, 0.25) is 0 Å². The maximum atomic E-state index is 12.8. The fourth-order valence-corrected chi connectivity index (χ4v) is 6.93. The molecule has 0 heterocycles. The van der Waals surface area contributed by atoms with Crippen LogP contribution in [0.1, 0.15) is 0 Å². The molecule has 1 atom stereocenters. The van der Waals surface area contributed by atoms with Gasteiger partial charge in [-0.1, -0.05) is 0 Å². The van der Waals surface area contributed by atoms with Crippen LogP contribution in [0.5, 0.6) is 0 Å². The third kappa shape index (κ3) is 2.88. The molecule has 0 aromatic rings. The van der Waals surface area contributed by atoms with Gasteiger partial charge >= 0.3 is 6.80 Å². The first-order valence-electron chi connectivity index (χ1n) is 4.66. The molecule has 0 spiro atoms. The Kier molecular flexibility index (Phi) is 5.69.